The fraction of sp³-hybridized carbons (Fsp3) is 0.636. The minimum Gasteiger partial charge on any atom is -0.480 e. The summed E-state index contributed by atoms with van der Waals surface area (Å²) in [4.78, 5) is 25.0. The summed E-state index contributed by atoms with van der Waals surface area (Å²) in [5, 5.41) is 9.17. The van der Waals surface area contributed by atoms with E-state index in [0.29, 0.717) is 13.0 Å². The molecule has 1 aliphatic heterocycles. The topological polar surface area (TPSA) is 66.8 Å². The van der Waals surface area contributed by atoms with Crippen LogP contribution in [0.5, 0.6) is 0 Å². The van der Waals surface area contributed by atoms with Crippen molar-refractivity contribution in [3.05, 3.63) is 34.9 Å². The molecule has 150 valence electrons. The third kappa shape index (κ3) is 4.63. The number of carboxylic acids is 1. The van der Waals surface area contributed by atoms with Crippen molar-refractivity contribution < 1.29 is 19.4 Å². The second-order valence-corrected chi connectivity index (χ2v) is 10.0. The van der Waals surface area contributed by atoms with Crippen LogP contribution in [0.4, 0.5) is 4.79 Å². The van der Waals surface area contributed by atoms with Crippen molar-refractivity contribution in [2.45, 2.75) is 84.3 Å². The summed E-state index contributed by atoms with van der Waals surface area (Å²) >= 11 is 0. The van der Waals surface area contributed by atoms with Crippen molar-refractivity contribution in [3.8, 4) is 0 Å². The van der Waals surface area contributed by atoms with E-state index in [1.807, 2.05) is 13.8 Å². The maximum Gasteiger partial charge on any atom is 0.411 e. The highest BCUT2D eigenvalue weighted by Gasteiger charge is 2.41. The molecule has 1 aromatic carbocycles. The van der Waals surface area contributed by atoms with Gasteiger partial charge in [-0.15, -0.1) is 0 Å². The molecule has 1 aromatic rings. The first-order chi connectivity index (χ1) is 12.1. The van der Waals surface area contributed by atoms with E-state index >= 15 is 0 Å². The van der Waals surface area contributed by atoms with Crippen LogP contribution in [0.2, 0.25) is 0 Å². The minimum absolute atomic E-state index is 0.0397. The number of carbonyl (C=O) groups excluding carboxylic acids is 1. The van der Waals surface area contributed by atoms with E-state index in [9.17, 15) is 14.7 Å². The highest BCUT2D eigenvalue weighted by Crippen LogP contribution is 2.36. The van der Waals surface area contributed by atoms with Crippen LogP contribution < -0.4 is 0 Å². The number of hydrogen-bond donors (Lipinski definition) is 1. The van der Waals surface area contributed by atoms with Crippen LogP contribution in [0.1, 0.15) is 78.5 Å². The molecule has 1 atom stereocenters. The maximum absolute atomic E-state index is 12.5. The molecular formula is C22H33NO4. The highest BCUT2D eigenvalue weighted by atomic mass is 16.6. The zero-order valence-electron chi connectivity index (χ0n) is 17.8. The molecule has 1 N–H and O–H groups in total. The van der Waals surface area contributed by atoms with Gasteiger partial charge in [0.25, 0.3) is 0 Å². The zero-order valence-corrected chi connectivity index (χ0v) is 17.8. The lowest BCUT2D eigenvalue weighted by Crippen LogP contribution is -2.56. The van der Waals surface area contributed by atoms with Crippen molar-refractivity contribution in [1.82, 2.24) is 4.90 Å². The number of benzene rings is 1. The lowest BCUT2D eigenvalue weighted by atomic mass is 9.78. The normalized spacial score (nSPS) is 18.1. The third-order valence-corrected chi connectivity index (χ3v) is 5.24. The van der Waals surface area contributed by atoms with Crippen LogP contribution >= 0.6 is 0 Å². The molecule has 1 saturated heterocycles. The first-order valence-electron chi connectivity index (χ1n) is 9.52. The van der Waals surface area contributed by atoms with Crippen molar-refractivity contribution in [2.75, 3.05) is 6.54 Å². The zero-order chi connectivity index (χ0) is 20.8. The molecule has 1 unspecified atom stereocenters. The summed E-state index contributed by atoms with van der Waals surface area (Å²) < 4.78 is 5.77. The number of aliphatic carboxylic acids is 1. The first-order valence-corrected chi connectivity index (χ1v) is 9.52. The third-order valence-electron chi connectivity index (χ3n) is 5.24. The van der Waals surface area contributed by atoms with E-state index in [1.165, 1.54) is 16.0 Å². The van der Waals surface area contributed by atoms with Crippen LogP contribution in [-0.2, 0) is 26.0 Å². The largest absolute Gasteiger partial charge is 0.480 e. The lowest BCUT2D eigenvalue weighted by molar-refractivity contribution is -0.147. The molecule has 5 heteroatoms. The highest BCUT2D eigenvalue weighted by molar-refractivity contribution is 5.82. The van der Waals surface area contributed by atoms with Gasteiger partial charge in [-0.05, 0) is 47.8 Å². The van der Waals surface area contributed by atoms with Crippen LogP contribution in [0, 0.1) is 0 Å². The average Bonchev–Trinajstić information content (AvgIpc) is 2.42. The molecule has 5 nitrogen and oxygen atoms in total. The molecule has 1 amide bonds. The number of carboxylic acid groups (broad SMARTS) is 1. The number of rotatable bonds is 3. The van der Waals surface area contributed by atoms with E-state index < -0.39 is 23.7 Å². The molecule has 1 fully saturated rings. The van der Waals surface area contributed by atoms with Crippen LogP contribution in [-0.4, -0.2) is 34.7 Å². The van der Waals surface area contributed by atoms with Gasteiger partial charge in [0.15, 0.2) is 0 Å². The lowest BCUT2D eigenvalue weighted by Gasteiger charge is -2.39. The van der Waals surface area contributed by atoms with Gasteiger partial charge in [-0.1, -0.05) is 59.7 Å². The van der Waals surface area contributed by atoms with E-state index in [4.69, 9.17) is 4.74 Å². The molecule has 0 saturated carbocycles. The second-order valence-electron chi connectivity index (χ2n) is 10.0. The Balaban J connectivity index is 2.37. The fourth-order valence-corrected chi connectivity index (χ4v) is 3.04. The monoisotopic (exact) mass is 375 g/mol. The van der Waals surface area contributed by atoms with Gasteiger partial charge in [-0.3, -0.25) is 4.90 Å². The second kappa shape index (κ2) is 6.84. The average molecular weight is 376 g/mol. The van der Waals surface area contributed by atoms with Crippen molar-refractivity contribution >= 4 is 12.1 Å². The molecule has 27 heavy (non-hydrogen) atoms. The number of amides is 1. The van der Waals surface area contributed by atoms with E-state index in [-0.39, 0.29) is 10.8 Å². The Morgan fingerprint density at radius 3 is 1.70 bits per heavy atom. The van der Waals surface area contributed by atoms with E-state index in [0.717, 1.165) is 5.56 Å². The maximum atomic E-state index is 12.5. The van der Waals surface area contributed by atoms with Crippen molar-refractivity contribution in [2.24, 2.45) is 0 Å². The summed E-state index contributed by atoms with van der Waals surface area (Å²) in [6, 6.07) is 5.62. The van der Waals surface area contributed by atoms with Gasteiger partial charge in [-0.25, -0.2) is 9.59 Å². The SMILES string of the molecule is CC(C)(C)c1cc(C(C)(C)C)cc(C(C)(C)OC(=O)N2CCC2C(=O)O)c1. The van der Waals surface area contributed by atoms with Gasteiger partial charge in [0.05, 0.1) is 0 Å². The summed E-state index contributed by atoms with van der Waals surface area (Å²) in [5.41, 5.74) is 2.34. The van der Waals surface area contributed by atoms with Gasteiger partial charge in [-0.2, -0.15) is 0 Å². The summed E-state index contributed by atoms with van der Waals surface area (Å²) in [7, 11) is 0. The van der Waals surface area contributed by atoms with Crippen molar-refractivity contribution in [1.29, 1.82) is 0 Å². The fourth-order valence-electron chi connectivity index (χ4n) is 3.04. The Kier molecular flexibility index (Phi) is 5.39. The first kappa shape index (κ1) is 21.3. The summed E-state index contributed by atoms with van der Waals surface area (Å²) in [5.74, 6) is -0.985. The smallest absolute Gasteiger partial charge is 0.411 e. The van der Waals surface area contributed by atoms with Crippen LogP contribution in [0.25, 0.3) is 0 Å². The summed E-state index contributed by atoms with van der Waals surface area (Å²) in [6.07, 6.45) is -0.101. The quantitative estimate of drug-likeness (QED) is 0.823. The predicted octanol–water partition coefficient (Wildman–Crippen LogP) is 4.81. The molecule has 0 bridgehead atoms. The number of likely N-dealkylation sites (tertiary alicyclic amines) is 1. The van der Waals surface area contributed by atoms with Gasteiger partial charge >= 0.3 is 12.1 Å². The van der Waals surface area contributed by atoms with Crippen molar-refractivity contribution in [3.63, 3.8) is 0 Å². The predicted molar refractivity (Wildman–Crippen MR) is 106 cm³/mol. The van der Waals surface area contributed by atoms with Crippen LogP contribution in [0.3, 0.4) is 0 Å². The van der Waals surface area contributed by atoms with Gasteiger partial charge in [0, 0.05) is 6.54 Å². The molecular weight excluding hydrogens is 342 g/mol. The number of hydrogen-bond acceptors (Lipinski definition) is 3. The standard InChI is InChI=1S/C22H33NO4/c1-20(2,3)14-11-15(21(4,5)6)13-16(12-14)22(7,8)27-19(26)23-10-9-17(23)18(24)25/h11-13,17H,9-10H2,1-8H3,(H,24,25). The number of ether oxygens (including phenoxy) is 1. The summed E-state index contributed by atoms with van der Waals surface area (Å²) in [6.45, 7) is 17.1. The Morgan fingerprint density at radius 1 is 0.926 bits per heavy atom. The Morgan fingerprint density at radius 2 is 1.37 bits per heavy atom. The van der Waals surface area contributed by atoms with Gasteiger partial charge in [0.2, 0.25) is 0 Å². The molecule has 0 radical (unpaired) electrons. The van der Waals surface area contributed by atoms with Gasteiger partial charge < -0.3 is 9.84 Å². The Hall–Kier alpha value is -2.04. The molecule has 1 aliphatic rings. The Labute approximate surface area is 162 Å². The molecule has 2 rings (SSSR count). The number of nitrogens with zero attached hydrogens (tertiary/aromatic N) is 1. The van der Waals surface area contributed by atoms with E-state index in [2.05, 4.69) is 59.7 Å². The van der Waals surface area contributed by atoms with Gasteiger partial charge in [0.1, 0.15) is 11.6 Å². The minimum atomic E-state index is -0.985. The molecule has 1 heterocycles. The molecule has 0 aliphatic carbocycles. The Bertz CT molecular complexity index is 705. The number of carbonyl (C=O) groups is 2. The molecule has 0 aromatic heterocycles. The van der Waals surface area contributed by atoms with Crippen LogP contribution in [0.15, 0.2) is 18.2 Å². The molecule has 0 spiro atoms. The van der Waals surface area contributed by atoms with E-state index in [1.54, 1.807) is 0 Å².